The minimum atomic E-state index is 0.147. The average molecular weight is 356 g/mol. The third-order valence-electron chi connectivity index (χ3n) is 5.70. The van der Waals surface area contributed by atoms with Crippen molar-refractivity contribution in [1.29, 1.82) is 0 Å². The summed E-state index contributed by atoms with van der Waals surface area (Å²) in [7, 11) is 0. The second-order valence-electron chi connectivity index (χ2n) is 7.87. The fraction of sp³-hybridized carbons (Fsp3) is 0.619. The van der Waals surface area contributed by atoms with Gasteiger partial charge in [0.1, 0.15) is 12.4 Å². The van der Waals surface area contributed by atoms with Gasteiger partial charge in [0.25, 0.3) is 0 Å². The smallest absolute Gasteiger partial charge is 0.226 e. The molecule has 2 aliphatic carbocycles. The largest absolute Gasteiger partial charge is 0.491 e. The molecule has 0 aromatic heterocycles. The lowest BCUT2D eigenvalue weighted by Gasteiger charge is -2.19. The predicted molar refractivity (Wildman–Crippen MR) is 98.8 cm³/mol. The van der Waals surface area contributed by atoms with Crippen molar-refractivity contribution in [3.63, 3.8) is 0 Å². The molecule has 0 atom stereocenters. The number of aryl methyl sites for hydroxylation is 1. The van der Waals surface area contributed by atoms with Crippen molar-refractivity contribution in [3.8, 4) is 5.75 Å². The van der Waals surface area contributed by atoms with Crippen LogP contribution in [0.4, 0.5) is 0 Å². The van der Waals surface area contributed by atoms with Gasteiger partial charge in [-0.2, -0.15) is 0 Å². The number of hydrogen-bond donors (Lipinski definition) is 1. The van der Waals surface area contributed by atoms with E-state index in [-0.39, 0.29) is 17.7 Å². The highest BCUT2D eigenvalue weighted by atomic mass is 16.5. The number of benzene rings is 1. The number of carbonyl (C=O) groups excluding carboxylic acids is 2. The van der Waals surface area contributed by atoms with Gasteiger partial charge in [-0.05, 0) is 43.7 Å². The maximum Gasteiger partial charge on any atom is 0.226 e. The van der Waals surface area contributed by atoms with E-state index in [0.29, 0.717) is 32.2 Å². The maximum atomic E-state index is 12.4. The third kappa shape index (κ3) is 4.19. The molecule has 0 radical (unpaired) electrons. The summed E-state index contributed by atoms with van der Waals surface area (Å²) in [6.45, 7) is 1.82. The van der Waals surface area contributed by atoms with Crippen LogP contribution in [-0.2, 0) is 22.6 Å². The van der Waals surface area contributed by atoms with Crippen molar-refractivity contribution < 1.29 is 14.3 Å². The zero-order valence-electron chi connectivity index (χ0n) is 15.3. The normalized spacial score (nSPS) is 20.2. The van der Waals surface area contributed by atoms with Crippen LogP contribution in [0.2, 0.25) is 0 Å². The maximum absolute atomic E-state index is 12.4. The van der Waals surface area contributed by atoms with E-state index < -0.39 is 0 Å². The first-order chi connectivity index (χ1) is 12.7. The molecule has 2 saturated carbocycles. The summed E-state index contributed by atoms with van der Waals surface area (Å²) in [6, 6.07) is 6.52. The van der Waals surface area contributed by atoms with Crippen LogP contribution in [-0.4, -0.2) is 35.9 Å². The molecule has 4 rings (SSSR count). The number of ether oxygens (including phenoxy) is 1. The number of nitrogens with one attached hydrogen (secondary N) is 1. The van der Waals surface area contributed by atoms with Crippen molar-refractivity contribution >= 4 is 11.8 Å². The first-order valence-electron chi connectivity index (χ1n) is 10.0. The Labute approximate surface area is 155 Å². The van der Waals surface area contributed by atoms with Crippen LogP contribution in [0, 0.1) is 5.92 Å². The molecule has 1 aromatic carbocycles. The minimum absolute atomic E-state index is 0.147. The molecule has 140 valence electrons. The molecule has 1 N–H and O–H groups in total. The van der Waals surface area contributed by atoms with Gasteiger partial charge >= 0.3 is 0 Å². The van der Waals surface area contributed by atoms with Gasteiger partial charge < -0.3 is 15.0 Å². The van der Waals surface area contributed by atoms with Gasteiger partial charge in [0.05, 0.1) is 6.54 Å². The number of hydrogen-bond acceptors (Lipinski definition) is 3. The van der Waals surface area contributed by atoms with Gasteiger partial charge in [-0.3, -0.25) is 9.59 Å². The molecule has 2 fully saturated rings. The van der Waals surface area contributed by atoms with Crippen LogP contribution in [0.5, 0.6) is 5.75 Å². The monoisotopic (exact) mass is 356 g/mol. The van der Waals surface area contributed by atoms with Gasteiger partial charge in [-0.25, -0.2) is 0 Å². The zero-order valence-corrected chi connectivity index (χ0v) is 15.3. The van der Waals surface area contributed by atoms with Crippen molar-refractivity contribution in [2.24, 2.45) is 5.92 Å². The predicted octanol–water partition coefficient (Wildman–Crippen LogP) is 2.81. The van der Waals surface area contributed by atoms with E-state index in [1.54, 1.807) is 0 Å². The summed E-state index contributed by atoms with van der Waals surface area (Å²) in [6.07, 6.45) is 7.99. The van der Waals surface area contributed by atoms with Gasteiger partial charge in [0, 0.05) is 30.5 Å². The average Bonchev–Trinajstić information content (AvgIpc) is 3.41. The van der Waals surface area contributed by atoms with Gasteiger partial charge in [-0.15, -0.1) is 0 Å². The SMILES string of the molecule is O=C(CCc1ccc2c(c1)CN(C(=O)C1CC1)CCO2)NC1CCCC1. The van der Waals surface area contributed by atoms with Crippen LogP contribution >= 0.6 is 0 Å². The molecular formula is C21H28N2O3. The van der Waals surface area contributed by atoms with Crippen LogP contribution in [0.15, 0.2) is 18.2 Å². The van der Waals surface area contributed by atoms with Crippen LogP contribution in [0.25, 0.3) is 0 Å². The van der Waals surface area contributed by atoms with Crippen LogP contribution in [0.3, 0.4) is 0 Å². The number of rotatable bonds is 5. The van der Waals surface area contributed by atoms with E-state index in [1.165, 1.54) is 12.8 Å². The van der Waals surface area contributed by atoms with E-state index >= 15 is 0 Å². The Kier molecular flexibility index (Phi) is 5.14. The summed E-state index contributed by atoms with van der Waals surface area (Å²) in [5, 5.41) is 3.15. The Hall–Kier alpha value is -2.04. The Morgan fingerprint density at radius 1 is 1.15 bits per heavy atom. The van der Waals surface area contributed by atoms with Crippen molar-refractivity contribution in [2.45, 2.75) is 64.0 Å². The highest BCUT2D eigenvalue weighted by molar-refractivity contribution is 5.81. The summed E-state index contributed by atoms with van der Waals surface area (Å²) in [5.41, 5.74) is 2.19. The fourth-order valence-corrected chi connectivity index (χ4v) is 4.01. The highest BCUT2D eigenvalue weighted by Gasteiger charge is 2.34. The Balaban J connectivity index is 1.36. The molecule has 0 saturated heterocycles. The van der Waals surface area contributed by atoms with E-state index in [4.69, 9.17) is 4.74 Å². The van der Waals surface area contributed by atoms with E-state index in [2.05, 4.69) is 11.4 Å². The molecule has 0 spiro atoms. The molecule has 3 aliphatic rings. The van der Waals surface area contributed by atoms with Gasteiger partial charge in [-0.1, -0.05) is 25.0 Å². The summed E-state index contributed by atoms with van der Waals surface area (Å²) < 4.78 is 5.83. The number of carbonyl (C=O) groups is 2. The first-order valence-corrected chi connectivity index (χ1v) is 10.0. The van der Waals surface area contributed by atoms with E-state index in [9.17, 15) is 9.59 Å². The zero-order chi connectivity index (χ0) is 17.9. The van der Waals surface area contributed by atoms with Crippen molar-refractivity contribution in [1.82, 2.24) is 10.2 Å². The molecule has 1 aliphatic heterocycles. The molecule has 1 aromatic rings. The standard InChI is InChI=1S/C21H28N2O3/c24-20(22-18-3-1-2-4-18)10-6-15-5-9-19-17(13-15)14-23(11-12-26-19)21(25)16-7-8-16/h5,9,13,16,18H,1-4,6-8,10-12,14H2,(H,22,24). The van der Waals surface area contributed by atoms with Crippen molar-refractivity contribution in [2.75, 3.05) is 13.2 Å². The molecule has 5 nitrogen and oxygen atoms in total. The fourth-order valence-electron chi connectivity index (χ4n) is 4.01. The molecule has 0 unspecified atom stereocenters. The van der Waals surface area contributed by atoms with Gasteiger partial charge in [0.2, 0.25) is 11.8 Å². The quantitative estimate of drug-likeness (QED) is 0.883. The number of amides is 2. The van der Waals surface area contributed by atoms with Crippen molar-refractivity contribution in [3.05, 3.63) is 29.3 Å². The third-order valence-corrected chi connectivity index (χ3v) is 5.70. The highest BCUT2D eigenvalue weighted by Crippen LogP contribution is 2.33. The molecular weight excluding hydrogens is 328 g/mol. The van der Waals surface area contributed by atoms with E-state index in [0.717, 1.165) is 49.0 Å². The Morgan fingerprint density at radius 3 is 2.73 bits per heavy atom. The molecule has 1 heterocycles. The van der Waals surface area contributed by atoms with Gasteiger partial charge in [0.15, 0.2) is 0 Å². The molecule has 26 heavy (non-hydrogen) atoms. The topological polar surface area (TPSA) is 58.6 Å². The first kappa shape index (κ1) is 17.4. The molecule has 2 amide bonds. The lowest BCUT2D eigenvalue weighted by Crippen LogP contribution is -2.33. The van der Waals surface area contributed by atoms with Crippen LogP contribution < -0.4 is 10.1 Å². The second-order valence-corrected chi connectivity index (χ2v) is 7.87. The summed E-state index contributed by atoms with van der Waals surface area (Å²) >= 11 is 0. The van der Waals surface area contributed by atoms with E-state index in [1.807, 2.05) is 17.0 Å². The molecule has 5 heteroatoms. The van der Waals surface area contributed by atoms with Crippen LogP contribution in [0.1, 0.15) is 56.1 Å². The summed E-state index contributed by atoms with van der Waals surface area (Å²) in [4.78, 5) is 26.5. The number of nitrogens with zero attached hydrogens (tertiary/aromatic N) is 1. The Bertz CT molecular complexity index is 678. The number of fused-ring (bicyclic) bond motifs is 1. The molecule has 0 bridgehead atoms. The Morgan fingerprint density at radius 2 is 1.96 bits per heavy atom. The minimum Gasteiger partial charge on any atom is -0.491 e. The lowest BCUT2D eigenvalue weighted by atomic mass is 10.0. The second kappa shape index (κ2) is 7.68. The summed E-state index contributed by atoms with van der Waals surface area (Å²) in [5.74, 6) is 1.52. The lowest BCUT2D eigenvalue weighted by molar-refractivity contribution is -0.133.